The molecule has 2 aromatic rings. The molecule has 0 fully saturated rings. The molecule has 1 amide bonds. The van der Waals surface area contributed by atoms with Crippen LogP contribution < -0.4 is 14.9 Å². The van der Waals surface area contributed by atoms with E-state index >= 15 is 0 Å². The van der Waals surface area contributed by atoms with Crippen molar-refractivity contribution in [2.75, 3.05) is 7.11 Å². The van der Waals surface area contributed by atoms with Gasteiger partial charge in [-0.05, 0) is 36.8 Å². The van der Waals surface area contributed by atoms with E-state index in [9.17, 15) is 4.79 Å². The molecule has 1 atom stereocenters. The maximum Gasteiger partial charge on any atom is 0.280 e. The van der Waals surface area contributed by atoms with Crippen LogP contribution in [0.5, 0.6) is 11.5 Å². The number of methoxy groups -OCH3 is 1. The molecular weight excluding hydrogens is 351 g/mol. The van der Waals surface area contributed by atoms with E-state index in [0.717, 1.165) is 0 Å². The monoisotopic (exact) mass is 366 g/mol. The smallest absolute Gasteiger partial charge is 0.280 e. The summed E-state index contributed by atoms with van der Waals surface area (Å²) >= 11 is 11.7. The van der Waals surface area contributed by atoms with Crippen molar-refractivity contribution in [2.24, 2.45) is 5.10 Å². The molecule has 0 saturated heterocycles. The number of hydrogen-bond acceptors (Lipinski definition) is 4. The summed E-state index contributed by atoms with van der Waals surface area (Å²) in [6.45, 7) is 1.63. The van der Waals surface area contributed by atoms with Gasteiger partial charge in [-0.1, -0.05) is 35.3 Å². The number of carbonyl (C=O) groups is 1. The number of ether oxygens (including phenoxy) is 2. The molecular formula is C17H16Cl2N2O3. The highest BCUT2D eigenvalue weighted by molar-refractivity contribution is 6.42. The third-order valence-electron chi connectivity index (χ3n) is 3.06. The zero-order chi connectivity index (χ0) is 17.5. The SMILES string of the molecule is COc1cccc(OC(C)C(=O)N/N=C/c2ccc(Cl)c(Cl)c2)c1. The first-order valence-corrected chi connectivity index (χ1v) is 7.84. The van der Waals surface area contributed by atoms with E-state index in [-0.39, 0.29) is 5.91 Å². The minimum Gasteiger partial charge on any atom is -0.497 e. The Labute approximate surface area is 150 Å². The number of hydrogen-bond donors (Lipinski definition) is 1. The second kappa shape index (κ2) is 8.57. The van der Waals surface area contributed by atoms with Crippen molar-refractivity contribution >= 4 is 35.3 Å². The van der Waals surface area contributed by atoms with Crippen molar-refractivity contribution in [1.29, 1.82) is 0 Å². The summed E-state index contributed by atoms with van der Waals surface area (Å²) in [6.07, 6.45) is 0.751. The van der Waals surface area contributed by atoms with Gasteiger partial charge in [0.2, 0.25) is 0 Å². The number of carbonyl (C=O) groups excluding carboxylic acids is 1. The summed E-state index contributed by atoms with van der Waals surface area (Å²) in [4.78, 5) is 12.0. The van der Waals surface area contributed by atoms with E-state index in [2.05, 4.69) is 10.5 Å². The Morgan fingerprint density at radius 1 is 1.17 bits per heavy atom. The van der Waals surface area contributed by atoms with E-state index in [1.807, 2.05) is 0 Å². The van der Waals surface area contributed by atoms with Crippen molar-refractivity contribution in [3.8, 4) is 11.5 Å². The molecule has 0 spiro atoms. The van der Waals surface area contributed by atoms with E-state index in [0.29, 0.717) is 27.1 Å². The second-order valence-corrected chi connectivity index (χ2v) is 5.66. The van der Waals surface area contributed by atoms with Crippen molar-refractivity contribution in [3.63, 3.8) is 0 Å². The maximum absolute atomic E-state index is 12.0. The number of halogens is 2. The first-order chi connectivity index (χ1) is 11.5. The van der Waals surface area contributed by atoms with Crippen molar-refractivity contribution in [2.45, 2.75) is 13.0 Å². The van der Waals surface area contributed by atoms with Crippen LogP contribution in [0.2, 0.25) is 10.0 Å². The fourth-order valence-corrected chi connectivity index (χ4v) is 2.09. The summed E-state index contributed by atoms with van der Waals surface area (Å²) in [5, 5.41) is 4.75. The Morgan fingerprint density at radius 3 is 2.62 bits per heavy atom. The summed E-state index contributed by atoms with van der Waals surface area (Å²) < 4.78 is 10.7. The van der Waals surface area contributed by atoms with Crippen LogP contribution in [0, 0.1) is 0 Å². The van der Waals surface area contributed by atoms with Crippen molar-refractivity contribution in [1.82, 2.24) is 5.43 Å². The molecule has 0 radical (unpaired) electrons. The molecule has 0 heterocycles. The molecule has 1 unspecified atom stereocenters. The summed E-state index contributed by atoms with van der Waals surface area (Å²) in [6, 6.07) is 12.0. The normalized spacial score (nSPS) is 12.0. The lowest BCUT2D eigenvalue weighted by molar-refractivity contribution is -0.127. The Hall–Kier alpha value is -2.24. The second-order valence-electron chi connectivity index (χ2n) is 4.85. The molecule has 2 rings (SSSR count). The zero-order valence-corrected chi connectivity index (χ0v) is 14.6. The number of benzene rings is 2. The van der Waals surface area contributed by atoms with Crippen LogP contribution in [0.3, 0.4) is 0 Å². The van der Waals surface area contributed by atoms with E-state index in [1.54, 1.807) is 56.5 Å². The largest absolute Gasteiger partial charge is 0.497 e. The van der Waals surface area contributed by atoms with Crippen molar-refractivity contribution in [3.05, 3.63) is 58.1 Å². The molecule has 0 saturated carbocycles. The summed E-state index contributed by atoms with van der Waals surface area (Å²) in [5.74, 6) is 0.803. The predicted octanol–water partition coefficient (Wildman–Crippen LogP) is 3.92. The van der Waals surface area contributed by atoms with Gasteiger partial charge < -0.3 is 9.47 Å². The Kier molecular flexibility index (Phi) is 6.46. The third-order valence-corrected chi connectivity index (χ3v) is 3.79. The minimum absolute atomic E-state index is 0.380. The lowest BCUT2D eigenvalue weighted by atomic mass is 10.2. The van der Waals surface area contributed by atoms with Gasteiger partial charge in [0.25, 0.3) is 5.91 Å². The van der Waals surface area contributed by atoms with Gasteiger partial charge in [0.05, 0.1) is 23.4 Å². The maximum atomic E-state index is 12.0. The molecule has 5 nitrogen and oxygen atoms in total. The fraction of sp³-hybridized carbons (Fsp3) is 0.176. The predicted molar refractivity (Wildman–Crippen MR) is 95.3 cm³/mol. The van der Waals surface area contributed by atoms with E-state index in [1.165, 1.54) is 6.21 Å². The number of nitrogens with zero attached hydrogens (tertiary/aromatic N) is 1. The van der Waals surface area contributed by atoms with Crippen LogP contribution in [0.1, 0.15) is 12.5 Å². The molecule has 126 valence electrons. The molecule has 24 heavy (non-hydrogen) atoms. The molecule has 7 heteroatoms. The van der Waals surface area contributed by atoms with Gasteiger partial charge >= 0.3 is 0 Å². The number of rotatable bonds is 6. The molecule has 0 aliphatic heterocycles. The average Bonchev–Trinajstić information content (AvgIpc) is 2.58. The third kappa shape index (κ3) is 5.15. The Morgan fingerprint density at radius 2 is 1.92 bits per heavy atom. The van der Waals surface area contributed by atoms with Crippen LogP contribution in [-0.4, -0.2) is 25.3 Å². The quantitative estimate of drug-likeness (QED) is 0.622. The molecule has 1 N–H and O–H groups in total. The first-order valence-electron chi connectivity index (χ1n) is 7.08. The molecule has 0 bridgehead atoms. The van der Waals surface area contributed by atoms with Gasteiger partial charge in [0.1, 0.15) is 11.5 Å². The Bertz CT molecular complexity index is 750. The molecule has 0 aliphatic rings. The topological polar surface area (TPSA) is 59.9 Å². The van der Waals surface area contributed by atoms with Crippen LogP contribution in [0.25, 0.3) is 0 Å². The number of amides is 1. The molecule has 2 aromatic carbocycles. The average molecular weight is 367 g/mol. The fourth-order valence-electron chi connectivity index (χ4n) is 1.79. The van der Waals surface area contributed by atoms with Gasteiger partial charge in [0.15, 0.2) is 6.10 Å². The standard InChI is InChI=1S/C17H16Cl2N2O3/c1-11(24-14-5-3-4-13(9-14)23-2)17(22)21-20-10-12-6-7-15(18)16(19)8-12/h3-11H,1-2H3,(H,21,22)/b20-10+. The molecule has 0 aromatic heterocycles. The van der Waals surface area contributed by atoms with Crippen LogP contribution in [0.4, 0.5) is 0 Å². The number of hydrazone groups is 1. The Balaban J connectivity index is 1.91. The first kappa shape index (κ1) is 18.1. The summed E-state index contributed by atoms with van der Waals surface area (Å²) in [7, 11) is 1.56. The van der Waals surface area contributed by atoms with E-state index < -0.39 is 6.10 Å². The van der Waals surface area contributed by atoms with Gasteiger partial charge in [-0.3, -0.25) is 4.79 Å². The molecule has 0 aliphatic carbocycles. The number of nitrogens with one attached hydrogen (secondary N) is 1. The van der Waals surface area contributed by atoms with Gasteiger partial charge in [-0.15, -0.1) is 0 Å². The van der Waals surface area contributed by atoms with Gasteiger partial charge in [-0.2, -0.15) is 5.10 Å². The lowest BCUT2D eigenvalue weighted by Crippen LogP contribution is -2.33. The highest BCUT2D eigenvalue weighted by Crippen LogP contribution is 2.22. The zero-order valence-electron chi connectivity index (χ0n) is 13.1. The van der Waals surface area contributed by atoms with Gasteiger partial charge in [0, 0.05) is 6.07 Å². The summed E-state index contributed by atoms with van der Waals surface area (Å²) in [5.41, 5.74) is 3.13. The van der Waals surface area contributed by atoms with Crippen LogP contribution in [0.15, 0.2) is 47.6 Å². The highest BCUT2D eigenvalue weighted by Gasteiger charge is 2.14. The van der Waals surface area contributed by atoms with Gasteiger partial charge in [-0.25, -0.2) is 5.43 Å². The van der Waals surface area contributed by atoms with Crippen LogP contribution >= 0.6 is 23.2 Å². The minimum atomic E-state index is -0.719. The highest BCUT2D eigenvalue weighted by atomic mass is 35.5. The lowest BCUT2D eigenvalue weighted by Gasteiger charge is -2.13. The van der Waals surface area contributed by atoms with E-state index in [4.69, 9.17) is 32.7 Å². The van der Waals surface area contributed by atoms with Crippen LogP contribution in [-0.2, 0) is 4.79 Å². The van der Waals surface area contributed by atoms with Crippen molar-refractivity contribution < 1.29 is 14.3 Å².